The first-order valence-corrected chi connectivity index (χ1v) is 13.6. The minimum atomic E-state index is -4.64. The summed E-state index contributed by atoms with van der Waals surface area (Å²) in [5.41, 5.74) is -0.882. The molecule has 0 bridgehead atoms. The van der Waals surface area contributed by atoms with Gasteiger partial charge in [0.2, 0.25) is 15.9 Å². The van der Waals surface area contributed by atoms with Gasteiger partial charge in [0.05, 0.1) is 23.3 Å². The van der Waals surface area contributed by atoms with Gasteiger partial charge >= 0.3 is 6.18 Å². The molecule has 2 aromatic heterocycles. The Labute approximate surface area is 222 Å². The van der Waals surface area contributed by atoms with E-state index in [1.54, 1.807) is 0 Å². The van der Waals surface area contributed by atoms with Crippen molar-refractivity contribution in [2.24, 2.45) is 5.92 Å². The molecule has 1 aromatic carbocycles. The third-order valence-electron chi connectivity index (χ3n) is 6.48. The van der Waals surface area contributed by atoms with Gasteiger partial charge in [0, 0.05) is 23.9 Å². The molecule has 1 fully saturated rings. The van der Waals surface area contributed by atoms with Crippen molar-refractivity contribution in [1.29, 1.82) is 0 Å². The number of hydrogen-bond acceptors (Lipinski definition) is 5. The van der Waals surface area contributed by atoms with Crippen LogP contribution in [0.25, 0.3) is 11.1 Å². The summed E-state index contributed by atoms with van der Waals surface area (Å²) in [7, 11) is -4.09. The molecule has 0 radical (unpaired) electrons. The molecular formula is C26H25F5N4O3S. The molecule has 3 heterocycles. The zero-order chi connectivity index (χ0) is 28.4. The van der Waals surface area contributed by atoms with Crippen molar-refractivity contribution in [3.05, 3.63) is 77.9 Å². The molecule has 2 unspecified atom stereocenters. The van der Waals surface area contributed by atoms with Crippen LogP contribution in [0.2, 0.25) is 0 Å². The van der Waals surface area contributed by atoms with Crippen LogP contribution in [0, 0.1) is 17.6 Å². The SMILES string of the molecule is CCCC1CC(C(=O)NCc2cc(-c3ccc(C(F)(F)F)nc3)c(F)cn2)N(S(=O)(=O)c2ccc(F)cc2)C1. The lowest BCUT2D eigenvalue weighted by molar-refractivity contribution is -0.141. The van der Waals surface area contributed by atoms with E-state index in [4.69, 9.17) is 0 Å². The highest BCUT2D eigenvalue weighted by Crippen LogP contribution is 2.33. The number of alkyl halides is 3. The summed E-state index contributed by atoms with van der Waals surface area (Å²) < 4.78 is 93.9. The van der Waals surface area contributed by atoms with Crippen molar-refractivity contribution in [1.82, 2.24) is 19.6 Å². The smallest absolute Gasteiger partial charge is 0.349 e. The van der Waals surface area contributed by atoms with Crippen LogP contribution in [0.3, 0.4) is 0 Å². The Kier molecular flexibility index (Phi) is 8.31. The highest BCUT2D eigenvalue weighted by molar-refractivity contribution is 7.89. The molecule has 7 nitrogen and oxygen atoms in total. The first kappa shape index (κ1) is 28.6. The fourth-order valence-electron chi connectivity index (χ4n) is 4.57. The third-order valence-corrected chi connectivity index (χ3v) is 8.37. The van der Waals surface area contributed by atoms with Gasteiger partial charge in [-0.3, -0.25) is 14.8 Å². The molecule has 208 valence electrons. The lowest BCUT2D eigenvalue weighted by atomic mass is 10.0. The van der Waals surface area contributed by atoms with Gasteiger partial charge < -0.3 is 5.32 Å². The molecule has 0 aliphatic carbocycles. The Morgan fingerprint density at radius 3 is 2.41 bits per heavy atom. The molecule has 1 saturated heterocycles. The number of amides is 1. The number of sulfonamides is 1. The number of carbonyl (C=O) groups is 1. The number of benzene rings is 1. The Morgan fingerprint density at radius 1 is 1.08 bits per heavy atom. The highest BCUT2D eigenvalue weighted by atomic mass is 32.2. The quantitative estimate of drug-likeness (QED) is 0.389. The van der Waals surface area contributed by atoms with E-state index in [-0.39, 0.29) is 40.7 Å². The lowest BCUT2D eigenvalue weighted by Crippen LogP contribution is -2.45. The zero-order valence-corrected chi connectivity index (χ0v) is 21.6. The van der Waals surface area contributed by atoms with Crippen molar-refractivity contribution < 1.29 is 35.2 Å². The minimum Gasteiger partial charge on any atom is -0.349 e. The Hall–Kier alpha value is -3.45. The minimum absolute atomic E-state index is 0.0521. The fourth-order valence-corrected chi connectivity index (χ4v) is 6.24. The monoisotopic (exact) mass is 568 g/mol. The van der Waals surface area contributed by atoms with Crippen LogP contribution in [-0.4, -0.2) is 41.2 Å². The fraction of sp³-hybridized carbons (Fsp3) is 0.346. The number of carbonyl (C=O) groups excluding carboxylic acids is 1. The molecule has 1 aliphatic heterocycles. The van der Waals surface area contributed by atoms with Crippen molar-refractivity contribution in [3.8, 4) is 11.1 Å². The average Bonchev–Trinajstić information content (AvgIpc) is 3.33. The van der Waals surface area contributed by atoms with Crippen molar-refractivity contribution in [2.75, 3.05) is 6.54 Å². The Bertz CT molecular complexity index is 1430. The summed E-state index contributed by atoms with van der Waals surface area (Å²) in [5.74, 6) is -2.01. The number of nitrogens with one attached hydrogen (secondary N) is 1. The van der Waals surface area contributed by atoms with Crippen molar-refractivity contribution in [2.45, 2.75) is 49.8 Å². The number of hydrogen-bond donors (Lipinski definition) is 1. The van der Waals surface area contributed by atoms with Crippen LogP contribution in [0.5, 0.6) is 0 Å². The van der Waals surface area contributed by atoms with Crippen molar-refractivity contribution in [3.63, 3.8) is 0 Å². The molecule has 1 amide bonds. The predicted molar refractivity (Wildman–Crippen MR) is 131 cm³/mol. The molecule has 1 aliphatic rings. The van der Waals surface area contributed by atoms with Crippen LogP contribution in [0.15, 0.2) is 59.8 Å². The third kappa shape index (κ3) is 6.41. The molecule has 39 heavy (non-hydrogen) atoms. The number of halogens is 5. The topological polar surface area (TPSA) is 92.3 Å². The van der Waals surface area contributed by atoms with E-state index in [1.165, 1.54) is 6.07 Å². The van der Waals surface area contributed by atoms with Gasteiger partial charge in [-0.1, -0.05) is 19.4 Å². The molecule has 13 heteroatoms. The van der Waals surface area contributed by atoms with Crippen LogP contribution in [0.4, 0.5) is 22.0 Å². The van der Waals surface area contributed by atoms with Gasteiger partial charge in [0.25, 0.3) is 0 Å². The maximum atomic E-state index is 14.4. The van der Waals surface area contributed by atoms with E-state index in [0.29, 0.717) is 12.8 Å². The molecular weight excluding hydrogens is 543 g/mol. The standard InChI is InChI=1S/C26H25F5N4O3S/c1-2-3-16-10-23(35(15-16)39(37,38)20-7-5-18(27)6-8-20)25(36)34-13-19-11-21(22(28)14-32-19)17-4-9-24(33-12-17)26(29,30)31/h4-9,11-12,14,16,23H,2-3,10,13,15H2,1H3,(H,34,36). The largest absolute Gasteiger partial charge is 0.433 e. The molecule has 2 atom stereocenters. The van der Waals surface area contributed by atoms with E-state index in [1.807, 2.05) is 6.92 Å². The van der Waals surface area contributed by atoms with E-state index in [0.717, 1.165) is 59.5 Å². The number of aromatic nitrogens is 2. The zero-order valence-electron chi connectivity index (χ0n) is 20.8. The maximum absolute atomic E-state index is 14.4. The second-order valence-corrected chi connectivity index (χ2v) is 11.1. The molecule has 3 aromatic rings. The second-order valence-electron chi connectivity index (χ2n) is 9.24. The first-order valence-electron chi connectivity index (χ1n) is 12.1. The van der Waals surface area contributed by atoms with Gasteiger partial charge in [0.1, 0.15) is 23.4 Å². The van der Waals surface area contributed by atoms with Gasteiger partial charge in [-0.25, -0.2) is 17.2 Å². The van der Waals surface area contributed by atoms with E-state index in [2.05, 4.69) is 15.3 Å². The van der Waals surface area contributed by atoms with Crippen LogP contribution in [0.1, 0.15) is 37.6 Å². The van der Waals surface area contributed by atoms with Gasteiger partial charge in [-0.05, 0) is 55.2 Å². The van der Waals surface area contributed by atoms with E-state index < -0.39 is 45.5 Å². The first-order chi connectivity index (χ1) is 18.4. The second kappa shape index (κ2) is 11.3. The van der Waals surface area contributed by atoms with Crippen LogP contribution >= 0.6 is 0 Å². The maximum Gasteiger partial charge on any atom is 0.433 e. The number of rotatable bonds is 8. The normalized spacial score (nSPS) is 18.3. The van der Waals surface area contributed by atoms with E-state index >= 15 is 0 Å². The summed E-state index contributed by atoms with van der Waals surface area (Å²) in [6.45, 7) is 1.90. The number of nitrogens with zero attached hydrogens (tertiary/aromatic N) is 3. The molecule has 1 N–H and O–H groups in total. The van der Waals surface area contributed by atoms with E-state index in [9.17, 15) is 35.2 Å². The highest BCUT2D eigenvalue weighted by Gasteiger charge is 2.43. The van der Waals surface area contributed by atoms with Crippen LogP contribution in [-0.2, 0) is 27.5 Å². The Balaban J connectivity index is 1.52. The number of pyridine rings is 2. The van der Waals surface area contributed by atoms with Crippen LogP contribution < -0.4 is 5.32 Å². The summed E-state index contributed by atoms with van der Waals surface area (Å²) in [6, 6.07) is 6.44. The Morgan fingerprint density at radius 2 is 1.79 bits per heavy atom. The van der Waals surface area contributed by atoms with Gasteiger partial charge in [-0.15, -0.1) is 0 Å². The molecule has 0 saturated carbocycles. The molecule has 0 spiro atoms. The summed E-state index contributed by atoms with van der Waals surface area (Å²) in [6.07, 6.45) is -1.06. The van der Waals surface area contributed by atoms with Gasteiger partial charge in [0.15, 0.2) is 0 Å². The summed E-state index contributed by atoms with van der Waals surface area (Å²) in [5, 5.41) is 2.64. The summed E-state index contributed by atoms with van der Waals surface area (Å²) in [4.78, 5) is 20.3. The average molecular weight is 569 g/mol. The van der Waals surface area contributed by atoms with Gasteiger partial charge in [-0.2, -0.15) is 17.5 Å². The summed E-state index contributed by atoms with van der Waals surface area (Å²) >= 11 is 0. The predicted octanol–water partition coefficient (Wildman–Crippen LogP) is 4.94. The lowest BCUT2D eigenvalue weighted by Gasteiger charge is -2.23. The molecule has 4 rings (SSSR count). The van der Waals surface area contributed by atoms with Crippen molar-refractivity contribution >= 4 is 15.9 Å².